The molecule has 0 aliphatic carbocycles. The smallest absolute Gasteiger partial charge is 0.256 e. The van der Waals surface area contributed by atoms with Crippen molar-refractivity contribution in [2.75, 3.05) is 18.0 Å². The van der Waals surface area contributed by atoms with E-state index < -0.39 is 0 Å². The molecule has 0 N–H and O–H groups in total. The van der Waals surface area contributed by atoms with Gasteiger partial charge in [0.25, 0.3) is 5.91 Å². The second-order valence-corrected chi connectivity index (χ2v) is 7.73. The molecule has 3 heterocycles. The molecule has 2 aliphatic heterocycles. The molecule has 5 heteroatoms. The van der Waals surface area contributed by atoms with Gasteiger partial charge < -0.3 is 9.80 Å². The Morgan fingerprint density at radius 1 is 1.15 bits per heavy atom. The molecule has 1 saturated heterocycles. The third-order valence-corrected chi connectivity index (χ3v) is 5.17. The van der Waals surface area contributed by atoms with Crippen LogP contribution >= 0.6 is 0 Å². The Bertz CT molecular complexity index is 811. The highest BCUT2D eigenvalue weighted by Crippen LogP contribution is 2.29. The zero-order valence-electron chi connectivity index (χ0n) is 15.6. The van der Waals surface area contributed by atoms with Crippen LogP contribution in [0.2, 0.25) is 0 Å². The minimum absolute atomic E-state index is 0.0934. The average molecular weight is 350 g/mol. The summed E-state index contributed by atoms with van der Waals surface area (Å²) in [6.45, 7) is 7.59. The first-order valence-corrected chi connectivity index (χ1v) is 9.58. The SMILES string of the molecule is CC(C)Cc1ncc2c(n1)CN(C(=O)c1ccccc1N1CCCC1)C2. The van der Waals surface area contributed by atoms with Crippen LogP contribution in [-0.4, -0.2) is 33.9 Å². The quantitative estimate of drug-likeness (QED) is 0.848. The number of carbonyl (C=O) groups excluding carboxylic acids is 1. The van der Waals surface area contributed by atoms with Gasteiger partial charge in [0.15, 0.2) is 0 Å². The van der Waals surface area contributed by atoms with E-state index in [1.54, 1.807) is 0 Å². The Hall–Kier alpha value is -2.43. The molecule has 1 aromatic heterocycles. The average Bonchev–Trinajstić information content (AvgIpc) is 3.30. The van der Waals surface area contributed by atoms with Crippen molar-refractivity contribution in [3.8, 4) is 0 Å². The fourth-order valence-corrected chi connectivity index (χ4v) is 3.86. The van der Waals surface area contributed by atoms with Crippen LogP contribution in [0.1, 0.15) is 54.1 Å². The van der Waals surface area contributed by atoms with Gasteiger partial charge >= 0.3 is 0 Å². The van der Waals surface area contributed by atoms with Crippen LogP contribution in [0.5, 0.6) is 0 Å². The highest BCUT2D eigenvalue weighted by atomic mass is 16.2. The molecule has 0 bridgehead atoms. The number of fused-ring (bicyclic) bond motifs is 1. The van der Waals surface area contributed by atoms with Crippen molar-refractivity contribution in [3.63, 3.8) is 0 Å². The summed E-state index contributed by atoms with van der Waals surface area (Å²) < 4.78 is 0. The summed E-state index contributed by atoms with van der Waals surface area (Å²) in [5, 5.41) is 0. The summed E-state index contributed by atoms with van der Waals surface area (Å²) in [6, 6.07) is 8.00. The molecule has 0 unspecified atom stereocenters. The van der Waals surface area contributed by atoms with Crippen molar-refractivity contribution < 1.29 is 4.79 Å². The summed E-state index contributed by atoms with van der Waals surface area (Å²) in [5.74, 6) is 1.50. The Kier molecular flexibility index (Phi) is 4.62. The van der Waals surface area contributed by atoms with Crippen LogP contribution in [0, 0.1) is 5.92 Å². The molecule has 5 nitrogen and oxygen atoms in total. The predicted molar refractivity (Wildman–Crippen MR) is 102 cm³/mol. The monoisotopic (exact) mass is 350 g/mol. The second kappa shape index (κ2) is 7.06. The zero-order chi connectivity index (χ0) is 18.1. The molecule has 1 aromatic carbocycles. The Balaban J connectivity index is 1.55. The zero-order valence-corrected chi connectivity index (χ0v) is 15.6. The molecule has 136 valence electrons. The van der Waals surface area contributed by atoms with Gasteiger partial charge in [-0.1, -0.05) is 26.0 Å². The van der Waals surface area contributed by atoms with Gasteiger partial charge in [0.05, 0.1) is 17.8 Å². The highest BCUT2D eigenvalue weighted by molar-refractivity contribution is 6.00. The van der Waals surface area contributed by atoms with E-state index in [1.165, 1.54) is 12.8 Å². The van der Waals surface area contributed by atoms with E-state index in [0.717, 1.165) is 47.8 Å². The summed E-state index contributed by atoms with van der Waals surface area (Å²) in [5.41, 5.74) is 3.95. The van der Waals surface area contributed by atoms with E-state index in [1.807, 2.05) is 29.3 Å². The Labute approximate surface area is 155 Å². The number of anilines is 1. The van der Waals surface area contributed by atoms with Crippen LogP contribution < -0.4 is 4.90 Å². The van der Waals surface area contributed by atoms with Gasteiger partial charge in [-0.05, 0) is 30.9 Å². The van der Waals surface area contributed by atoms with Crippen molar-refractivity contribution in [2.24, 2.45) is 5.92 Å². The van der Waals surface area contributed by atoms with Crippen molar-refractivity contribution in [1.82, 2.24) is 14.9 Å². The third kappa shape index (κ3) is 3.30. The number of carbonyl (C=O) groups is 1. The fourth-order valence-electron chi connectivity index (χ4n) is 3.86. The first kappa shape index (κ1) is 17.0. The maximum Gasteiger partial charge on any atom is 0.256 e. The molecular formula is C21H26N4O. The molecule has 0 saturated carbocycles. The normalized spacial score (nSPS) is 16.4. The number of nitrogens with zero attached hydrogens (tertiary/aromatic N) is 4. The maximum absolute atomic E-state index is 13.2. The molecular weight excluding hydrogens is 324 g/mol. The second-order valence-electron chi connectivity index (χ2n) is 7.73. The number of hydrogen-bond acceptors (Lipinski definition) is 4. The molecule has 1 amide bonds. The minimum atomic E-state index is 0.0934. The van der Waals surface area contributed by atoms with Gasteiger partial charge in [-0.25, -0.2) is 9.97 Å². The van der Waals surface area contributed by atoms with Gasteiger partial charge in [-0.3, -0.25) is 4.79 Å². The van der Waals surface area contributed by atoms with Gasteiger partial charge in [-0.15, -0.1) is 0 Å². The number of rotatable bonds is 4. The number of benzene rings is 1. The van der Waals surface area contributed by atoms with E-state index in [2.05, 4.69) is 29.8 Å². The molecule has 0 spiro atoms. The number of para-hydroxylation sites is 1. The van der Waals surface area contributed by atoms with Crippen molar-refractivity contribution in [1.29, 1.82) is 0 Å². The molecule has 1 fully saturated rings. The lowest BCUT2D eigenvalue weighted by atomic mass is 10.1. The van der Waals surface area contributed by atoms with E-state index in [9.17, 15) is 4.79 Å². The first-order chi connectivity index (χ1) is 12.6. The van der Waals surface area contributed by atoms with Crippen molar-refractivity contribution in [3.05, 3.63) is 53.1 Å². The van der Waals surface area contributed by atoms with Gasteiger partial charge in [0, 0.05) is 43.5 Å². The van der Waals surface area contributed by atoms with E-state index >= 15 is 0 Å². The van der Waals surface area contributed by atoms with Crippen LogP contribution in [0.3, 0.4) is 0 Å². The largest absolute Gasteiger partial charge is 0.371 e. The van der Waals surface area contributed by atoms with Gasteiger partial charge in [0.1, 0.15) is 5.82 Å². The minimum Gasteiger partial charge on any atom is -0.371 e. The summed E-state index contributed by atoms with van der Waals surface area (Å²) >= 11 is 0. The molecule has 0 radical (unpaired) electrons. The molecule has 26 heavy (non-hydrogen) atoms. The number of hydrogen-bond donors (Lipinski definition) is 0. The van der Waals surface area contributed by atoms with E-state index in [0.29, 0.717) is 19.0 Å². The number of amides is 1. The van der Waals surface area contributed by atoms with E-state index in [-0.39, 0.29) is 5.91 Å². The number of aromatic nitrogens is 2. The summed E-state index contributed by atoms with van der Waals surface area (Å²) in [7, 11) is 0. The predicted octanol–water partition coefficient (Wildman–Crippen LogP) is 3.43. The maximum atomic E-state index is 13.2. The summed E-state index contributed by atoms with van der Waals surface area (Å²) in [6.07, 6.45) is 5.18. The molecule has 2 aromatic rings. The van der Waals surface area contributed by atoms with Crippen LogP contribution in [0.4, 0.5) is 5.69 Å². The van der Waals surface area contributed by atoms with Crippen molar-refractivity contribution >= 4 is 11.6 Å². The fraction of sp³-hybridized carbons (Fsp3) is 0.476. The van der Waals surface area contributed by atoms with E-state index in [4.69, 9.17) is 4.98 Å². The molecule has 2 aliphatic rings. The highest BCUT2D eigenvalue weighted by Gasteiger charge is 2.28. The topological polar surface area (TPSA) is 49.3 Å². The summed E-state index contributed by atoms with van der Waals surface area (Å²) in [4.78, 5) is 26.6. The van der Waals surface area contributed by atoms with Crippen LogP contribution in [-0.2, 0) is 19.5 Å². The Morgan fingerprint density at radius 2 is 1.92 bits per heavy atom. The van der Waals surface area contributed by atoms with Gasteiger partial charge in [0.2, 0.25) is 0 Å². The third-order valence-electron chi connectivity index (χ3n) is 5.17. The first-order valence-electron chi connectivity index (χ1n) is 9.58. The van der Waals surface area contributed by atoms with Gasteiger partial charge in [-0.2, -0.15) is 0 Å². The lowest BCUT2D eigenvalue weighted by Crippen LogP contribution is -2.28. The lowest BCUT2D eigenvalue weighted by molar-refractivity contribution is 0.0751. The lowest BCUT2D eigenvalue weighted by Gasteiger charge is -2.23. The molecule has 0 atom stereocenters. The molecule has 4 rings (SSSR count). The Morgan fingerprint density at radius 3 is 2.69 bits per heavy atom. The van der Waals surface area contributed by atoms with Crippen LogP contribution in [0.25, 0.3) is 0 Å². The van der Waals surface area contributed by atoms with Crippen molar-refractivity contribution in [2.45, 2.75) is 46.2 Å². The van der Waals surface area contributed by atoms with Crippen LogP contribution in [0.15, 0.2) is 30.5 Å². The standard InChI is InChI=1S/C21H26N4O/c1-15(2)11-20-22-12-16-13-25(14-18(16)23-20)21(26)17-7-3-4-8-19(17)24-9-5-6-10-24/h3-4,7-8,12,15H,5-6,9-11,13-14H2,1-2H3.